The van der Waals surface area contributed by atoms with Crippen molar-refractivity contribution in [3.8, 4) is 5.88 Å². The van der Waals surface area contributed by atoms with E-state index in [0.29, 0.717) is 13.2 Å². The van der Waals surface area contributed by atoms with E-state index in [1.54, 1.807) is 0 Å². The molecule has 2 rings (SSSR count). The van der Waals surface area contributed by atoms with Crippen molar-refractivity contribution in [2.45, 2.75) is 6.10 Å². The Balaban J connectivity index is 2.05. The van der Waals surface area contributed by atoms with Crippen LogP contribution in [0, 0.1) is 0 Å². The zero-order valence-corrected chi connectivity index (χ0v) is 7.92. The summed E-state index contributed by atoms with van der Waals surface area (Å²) in [4.78, 5) is 0. The maximum absolute atomic E-state index is 5.73. The van der Waals surface area contributed by atoms with Crippen molar-refractivity contribution in [1.29, 1.82) is 0 Å². The summed E-state index contributed by atoms with van der Waals surface area (Å²) in [7, 11) is 0. The molecule has 0 amide bonds. The maximum atomic E-state index is 5.73. The lowest BCUT2D eigenvalue weighted by Gasteiger charge is -2.03. The average Bonchev–Trinajstić information content (AvgIpc) is 2.91. The number of hydrogen-bond donors (Lipinski definition) is 0. The number of hydrogen-bond acceptors (Lipinski definition) is 5. The van der Waals surface area contributed by atoms with Gasteiger partial charge in [0.25, 0.3) is 5.88 Å². The Morgan fingerprint density at radius 1 is 1.46 bits per heavy atom. The molecule has 1 aliphatic rings. The summed E-state index contributed by atoms with van der Waals surface area (Å²) in [6, 6.07) is 0. The van der Waals surface area contributed by atoms with Gasteiger partial charge in [-0.3, -0.25) is 0 Å². The molecule has 0 radical (unpaired) electrons. The molecule has 0 N–H and O–H groups in total. The Hall–Kier alpha value is -0.650. The second-order valence-electron chi connectivity index (χ2n) is 2.47. The lowest BCUT2D eigenvalue weighted by Crippen LogP contribution is -2.07. The molecular formula is C6H5Cl2N3O2. The van der Waals surface area contributed by atoms with Gasteiger partial charge in [0.1, 0.15) is 17.7 Å². The molecular weight excluding hydrogens is 217 g/mol. The van der Waals surface area contributed by atoms with Gasteiger partial charge in [-0.15, -0.1) is 5.10 Å². The van der Waals surface area contributed by atoms with Crippen LogP contribution in [0.25, 0.3) is 0 Å². The minimum Gasteiger partial charge on any atom is -0.473 e. The lowest BCUT2D eigenvalue weighted by molar-refractivity contribution is 0.252. The van der Waals surface area contributed by atoms with E-state index < -0.39 is 0 Å². The van der Waals surface area contributed by atoms with Crippen molar-refractivity contribution in [1.82, 2.24) is 15.4 Å². The Morgan fingerprint density at radius 2 is 2.23 bits per heavy atom. The molecule has 1 fully saturated rings. The largest absolute Gasteiger partial charge is 0.473 e. The fourth-order valence-electron chi connectivity index (χ4n) is 0.707. The highest BCUT2D eigenvalue weighted by molar-refractivity contribution is 6.41. The van der Waals surface area contributed by atoms with E-state index in [4.69, 9.17) is 32.7 Å². The SMILES string of the molecule is Clc1nnnc(OCC2CO2)c1Cl. The first-order chi connectivity index (χ1) is 6.27. The normalized spacial score (nSPS) is 20.0. The van der Waals surface area contributed by atoms with Crippen molar-refractivity contribution < 1.29 is 9.47 Å². The van der Waals surface area contributed by atoms with E-state index >= 15 is 0 Å². The van der Waals surface area contributed by atoms with Crippen LogP contribution in [0.3, 0.4) is 0 Å². The lowest BCUT2D eigenvalue weighted by atomic mass is 10.5. The van der Waals surface area contributed by atoms with Gasteiger partial charge in [0.15, 0.2) is 5.15 Å². The molecule has 7 heteroatoms. The number of aromatic nitrogens is 3. The molecule has 2 heterocycles. The van der Waals surface area contributed by atoms with Crippen LogP contribution in [-0.4, -0.2) is 34.7 Å². The van der Waals surface area contributed by atoms with Crippen LogP contribution in [0.1, 0.15) is 0 Å². The summed E-state index contributed by atoms with van der Waals surface area (Å²) in [5, 5.41) is 10.7. The molecule has 0 saturated carbocycles. The number of nitrogens with zero attached hydrogens (tertiary/aromatic N) is 3. The number of rotatable bonds is 3. The van der Waals surface area contributed by atoms with Gasteiger partial charge in [-0.25, -0.2) is 0 Å². The Bertz CT molecular complexity index is 319. The first-order valence-corrected chi connectivity index (χ1v) is 4.31. The first kappa shape index (κ1) is 8.93. The van der Waals surface area contributed by atoms with Crippen LogP contribution in [-0.2, 0) is 4.74 Å². The fraction of sp³-hybridized carbons (Fsp3) is 0.500. The van der Waals surface area contributed by atoms with Crippen LogP contribution < -0.4 is 4.74 Å². The summed E-state index contributed by atoms with van der Waals surface area (Å²) < 4.78 is 10.1. The van der Waals surface area contributed by atoms with Gasteiger partial charge in [0.05, 0.1) is 6.61 Å². The standard InChI is InChI=1S/C6H5Cl2N3O2/c7-4-5(8)9-11-10-6(4)13-2-3-1-12-3/h3H,1-2H2. The zero-order chi connectivity index (χ0) is 9.26. The van der Waals surface area contributed by atoms with Gasteiger partial charge in [0, 0.05) is 0 Å². The predicted molar refractivity (Wildman–Crippen MR) is 45.1 cm³/mol. The van der Waals surface area contributed by atoms with Crippen LogP contribution in [0.2, 0.25) is 10.2 Å². The third-order valence-corrected chi connectivity index (χ3v) is 2.15. The topological polar surface area (TPSA) is 60.4 Å². The molecule has 1 aromatic heterocycles. The van der Waals surface area contributed by atoms with Crippen LogP contribution >= 0.6 is 23.2 Å². The predicted octanol–water partition coefficient (Wildman–Crippen LogP) is 0.956. The highest BCUT2D eigenvalue weighted by atomic mass is 35.5. The fourth-order valence-corrected chi connectivity index (χ4v) is 0.951. The number of halogens is 2. The molecule has 1 aromatic rings. The van der Waals surface area contributed by atoms with Crippen molar-refractivity contribution >= 4 is 23.2 Å². The quantitative estimate of drug-likeness (QED) is 0.712. The summed E-state index contributed by atoms with van der Waals surface area (Å²) in [5.41, 5.74) is 0. The van der Waals surface area contributed by atoms with E-state index in [9.17, 15) is 0 Å². The highest BCUT2D eigenvalue weighted by Crippen LogP contribution is 2.27. The molecule has 0 aliphatic carbocycles. The van der Waals surface area contributed by atoms with Crippen LogP contribution in [0.4, 0.5) is 0 Å². The van der Waals surface area contributed by atoms with E-state index in [-0.39, 0.29) is 22.2 Å². The summed E-state index contributed by atoms with van der Waals surface area (Å²) in [6.45, 7) is 1.12. The Labute approximate surface area is 83.9 Å². The average molecular weight is 222 g/mol. The van der Waals surface area contributed by atoms with Gasteiger partial charge in [-0.1, -0.05) is 28.3 Å². The smallest absolute Gasteiger partial charge is 0.257 e. The van der Waals surface area contributed by atoms with Gasteiger partial charge in [0.2, 0.25) is 0 Å². The highest BCUT2D eigenvalue weighted by Gasteiger charge is 2.24. The van der Waals surface area contributed by atoms with Crippen molar-refractivity contribution in [2.75, 3.05) is 13.2 Å². The van der Waals surface area contributed by atoms with E-state index in [0.717, 1.165) is 0 Å². The van der Waals surface area contributed by atoms with Gasteiger partial charge < -0.3 is 9.47 Å². The van der Waals surface area contributed by atoms with Gasteiger partial charge in [-0.2, -0.15) is 0 Å². The van der Waals surface area contributed by atoms with Crippen molar-refractivity contribution in [3.63, 3.8) is 0 Å². The van der Waals surface area contributed by atoms with E-state index in [1.165, 1.54) is 0 Å². The zero-order valence-electron chi connectivity index (χ0n) is 6.41. The first-order valence-electron chi connectivity index (χ1n) is 3.56. The summed E-state index contributed by atoms with van der Waals surface area (Å²) in [5.74, 6) is 0.192. The van der Waals surface area contributed by atoms with Crippen LogP contribution in [0.15, 0.2) is 0 Å². The molecule has 1 atom stereocenters. The molecule has 0 spiro atoms. The summed E-state index contributed by atoms with van der Waals surface area (Å²) in [6.07, 6.45) is 0.143. The molecule has 1 saturated heterocycles. The summed E-state index contributed by atoms with van der Waals surface area (Å²) >= 11 is 11.3. The van der Waals surface area contributed by atoms with Gasteiger partial charge in [-0.05, 0) is 5.21 Å². The van der Waals surface area contributed by atoms with Crippen molar-refractivity contribution in [3.05, 3.63) is 10.2 Å². The molecule has 70 valence electrons. The Morgan fingerprint density at radius 3 is 2.92 bits per heavy atom. The maximum Gasteiger partial charge on any atom is 0.257 e. The van der Waals surface area contributed by atoms with E-state index in [1.807, 2.05) is 0 Å². The molecule has 0 aromatic carbocycles. The van der Waals surface area contributed by atoms with E-state index in [2.05, 4.69) is 15.4 Å². The second-order valence-corrected chi connectivity index (χ2v) is 3.20. The molecule has 1 unspecified atom stereocenters. The number of epoxide rings is 1. The Kier molecular flexibility index (Phi) is 2.48. The third kappa shape index (κ3) is 2.18. The second kappa shape index (κ2) is 3.61. The third-order valence-electron chi connectivity index (χ3n) is 1.45. The minimum atomic E-state index is 0.0865. The van der Waals surface area contributed by atoms with Crippen LogP contribution in [0.5, 0.6) is 5.88 Å². The molecule has 0 bridgehead atoms. The number of ether oxygens (including phenoxy) is 2. The van der Waals surface area contributed by atoms with Gasteiger partial charge >= 0.3 is 0 Å². The molecule has 13 heavy (non-hydrogen) atoms. The minimum absolute atomic E-state index is 0.0865. The van der Waals surface area contributed by atoms with Crippen molar-refractivity contribution in [2.24, 2.45) is 0 Å². The molecule has 1 aliphatic heterocycles. The molecule has 5 nitrogen and oxygen atoms in total. The monoisotopic (exact) mass is 221 g/mol.